The Kier molecular flexibility index (Phi) is 5.38. The van der Waals surface area contributed by atoms with Gasteiger partial charge in [0.05, 0.1) is 11.0 Å². The molecule has 0 fully saturated rings. The van der Waals surface area contributed by atoms with Crippen molar-refractivity contribution < 1.29 is 8.42 Å². The van der Waals surface area contributed by atoms with E-state index in [9.17, 15) is 13.7 Å². The van der Waals surface area contributed by atoms with Crippen LogP contribution in [0.15, 0.2) is 83.8 Å². The average molecular weight is 383 g/mol. The molecule has 0 radical (unpaired) electrons. The number of nitrogens with zero attached hydrogens (tertiary/aromatic N) is 1. The smallest absolute Gasteiger partial charge is 0.207 e. The fraction of sp³-hybridized carbons (Fsp3) is 0.0500. The van der Waals surface area contributed by atoms with Crippen LogP contribution in [0.4, 0.5) is 0 Å². The van der Waals surface area contributed by atoms with Crippen LogP contribution >= 0.6 is 11.6 Å². The van der Waals surface area contributed by atoms with Gasteiger partial charge in [0.25, 0.3) is 0 Å². The Labute approximate surface area is 157 Å². The van der Waals surface area contributed by atoms with Gasteiger partial charge in [-0.15, -0.1) is 0 Å². The molecule has 0 saturated carbocycles. The number of hydrogen-bond acceptors (Lipinski definition) is 3. The summed E-state index contributed by atoms with van der Waals surface area (Å²) in [5.74, 6) is 0. The third-order valence-electron chi connectivity index (χ3n) is 3.88. The van der Waals surface area contributed by atoms with Gasteiger partial charge in [0, 0.05) is 5.02 Å². The van der Waals surface area contributed by atoms with Crippen molar-refractivity contribution in [2.75, 3.05) is 0 Å². The lowest BCUT2D eigenvalue weighted by Crippen LogP contribution is -2.27. The van der Waals surface area contributed by atoms with Gasteiger partial charge in [-0.25, -0.2) is 8.42 Å². The van der Waals surface area contributed by atoms with Crippen LogP contribution < -0.4 is 4.72 Å². The zero-order valence-corrected chi connectivity index (χ0v) is 15.2. The first-order valence-corrected chi connectivity index (χ1v) is 9.68. The van der Waals surface area contributed by atoms with E-state index in [-0.39, 0.29) is 4.90 Å². The Balaban J connectivity index is 1.83. The Morgan fingerprint density at radius 3 is 2.00 bits per heavy atom. The first kappa shape index (κ1) is 18.2. The van der Waals surface area contributed by atoms with Crippen LogP contribution in [0.1, 0.15) is 11.6 Å². The van der Waals surface area contributed by atoms with Gasteiger partial charge in [-0.1, -0.05) is 66.2 Å². The van der Waals surface area contributed by atoms with Crippen LogP contribution in [0, 0.1) is 11.3 Å². The van der Waals surface area contributed by atoms with Gasteiger partial charge in [-0.05, 0) is 41.0 Å². The Bertz CT molecular complexity index is 1030. The van der Waals surface area contributed by atoms with Crippen molar-refractivity contribution in [3.8, 4) is 17.2 Å². The van der Waals surface area contributed by atoms with Crippen LogP contribution in [0.5, 0.6) is 0 Å². The lowest BCUT2D eigenvalue weighted by Gasteiger charge is -2.13. The summed E-state index contributed by atoms with van der Waals surface area (Å²) in [4.78, 5) is 0.0584. The van der Waals surface area contributed by atoms with Gasteiger partial charge in [0.1, 0.15) is 6.04 Å². The molecule has 3 aromatic rings. The highest BCUT2D eigenvalue weighted by molar-refractivity contribution is 7.89. The summed E-state index contributed by atoms with van der Waals surface area (Å²) in [6.45, 7) is 0. The van der Waals surface area contributed by atoms with Crippen molar-refractivity contribution in [2.24, 2.45) is 0 Å². The first-order chi connectivity index (χ1) is 12.5. The van der Waals surface area contributed by atoms with Gasteiger partial charge in [0.15, 0.2) is 0 Å². The highest BCUT2D eigenvalue weighted by atomic mass is 35.5. The Morgan fingerprint density at radius 2 is 1.42 bits per heavy atom. The molecule has 4 nitrogen and oxygen atoms in total. The molecule has 3 aromatic carbocycles. The highest BCUT2D eigenvalue weighted by Gasteiger charge is 2.21. The van der Waals surface area contributed by atoms with E-state index < -0.39 is 16.1 Å². The predicted octanol–water partition coefficient (Wildman–Crippen LogP) is 4.55. The first-order valence-electron chi connectivity index (χ1n) is 7.82. The van der Waals surface area contributed by atoms with Crippen molar-refractivity contribution in [3.05, 3.63) is 89.4 Å². The Morgan fingerprint density at radius 1 is 0.846 bits per heavy atom. The number of hydrogen-bond donors (Lipinski definition) is 1. The van der Waals surface area contributed by atoms with Gasteiger partial charge in [-0.2, -0.15) is 9.98 Å². The van der Waals surface area contributed by atoms with E-state index in [0.29, 0.717) is 10.6 Å². The molecule has 0 aliphatic heterocycles. The molecule has 0 spiro atoms. The second-order valence-electron chi connectivity index (χ2n) is 5.63. The zero-order valence-electron chi connectivity index (χ0n) is 13.6. The van der Waals surface area contributed by atoms with Crippen LogP contribution in [0.2, 0.25) is 5.02 Å². The number of halogens is 1. The highest BCUT2D eigenvalue weighted by Crippen LogP contribution is 2.23. The molecule has 3 rings (SSSR count). The molecular weight excluding hydrogens is 368 g/mol. The second-order valence-corrected chi connectivity index (χ2v) is 7.78. The van der Waals surface area contributed by atoms with E-state index in [1.807, 2.05) is 48.5 Å². The fourth-order valence-corrected chi connectivity index (χ4v) is 3.76. The lowest BCUT2D eigenvalue weighted by atomic mass is 10.0. The molecule has 6 heteroatoms. The summed E-state index contributed by atoms with van der Waals surface area (Å²) in [6, 6.07) is 23.8. The minimum atomic E-state index is -3.83. The maximum absolute atomic E-state index is 12.5. The number of sulfonamides is 1. The van der Waals surface area contributed by atoms with Crippen LogP contribution in [-0.2, 0) is 10.0 Å². The van der Waals surface area contributed by atoms with Crippen molar-refractivity contribution in [1.82, 2.24) is 4.72 Å². The monoisotopic (exact) mass is 382 g/mol. The molecule has 0 heterocycles. The molecular formula is C20H15ClN2O2S. The molecule has 0 saturated heterocycles. The summed E-state index contributed by atoms with van der Waals surface area (Å²) >= 11 is 5.79. The summed E-state index contributed by atoms with van der Waals surface area (Å²) in [6.07, 6.45) is 0. The fourth-order valence-electron chi connectivity index (χ4n) is 2.50. The summed E-state index contributed by atoms with van der Waals surface area (Å²) in [5, 5.41) is 9.86. The normalized spacial score (nSPS) is 12.3. The standard InChI is InChI=1S/C20H15ClN2O2S/c21-18-10-12-19(13-11-18)26(24,25)23-20(14-22)17-8-6-16(7-9-17)15-4-2-1-3-5-15/h1-13,20,23H. The largest absolute Gasteiger partial charge is 0.242 e. The van der Waals surface area contributed by atoms with E-state index >= 15 is 0 Å². The van der Waals surface area contributed by atoms with Gasteiger partial charge >= 0.3 is 0 Å². The number of benzene rings is 3. The van der Waals surface area contributed by atoms with Crippen molar-refractivity contribution >= 4 is 21.6 Å². The number of rotatable bonds is 5. The quantitative estimate of drug-likeness (QED) is 0.703. The topological polar surface area (TPSA) is 70.0 Å². The molecule has 0 aromatic heterocycles. The molecule has 1 unspecified atom stereocenters. The lowest BCUT2D eigenvalue weighted by molar-refractivity contribution is 0.575. The molecule has 1 N–H and O–H groups in total. The van der Waals surface area contributed by atoms with E-state index in [1.54, 1.807) is 12.1 Å². The Hall–Kier alpha value is -2.65. The third-order valence-corrected chi connectivity index (χ3v) is 5.57. The molecule has 130 valence electrons. The number of nitrogens with one attached hydrogen (secondary N) is 1. The van der Waals surface area contributed by atoms with Crippen LogP contribution in [0.3, 0.4) is 0 Å². The predicted molar refractivity (Wildman–Crippen MR) is 102 cm³/mol. The molecule has 0 amide bonds. The molecule has 0 bridgehead atoms. The van der Waals surface area contributed by atoms with E-state index in [2.05, 4.69) is 4.72 Å². The molecule has 0 aliphatic rings. The maximum atomic E-state index is 12.5. The maximum Gasteiger partial charge on any atom is 0.242 e. The third kappa shape index (κ3) is 4.12. The minimum Gasteiger partial charge on any atom is -0.207 e. The SMILES string of the molecule is N#CC(NS(=O)(=O)c1ccc(Cl)cc1)c1ccc(-c2ccccc2)cc1. The summed E-state index contributed by atoms with van der Waals surface area (Å²) in [7, 11) is -3.83. The van der Waals surface area contributed by atoms with E-state index in [0.717, 1.165) is 11.1 Å². The van der Waals surface area contributed by atoms with Crippen molar-refractivity contribution in [2.45, 2.75) is 10.9 Å². The summed E-state index contributed by atoms with van der Waals surface area (Å²) < 4.78 is 27.4. The van der Waals surface area contributed by atoms with E-state index in [4.69, 9.17) is 11.6 Å². The van der Waals surface area contributed by atoms with Gasteiger partial charge in [0.2, 0.25) is 10.0 Å². The van der Waals surface area contributed by atoms with Crippen LogP contribution in [0.25, 0.3) is 11.1 Å². The van der Waals surface area contributed by atoms with Crippen molar-refractivity contribution in [1.29, 1.82) is 5.26 Å². The summed E-state index contributed by atoms with van der Waals surface area (Å²) in [5.41, 5.74) is 2.62. The molecule has 0 aliphatic carbocycles. The molecule has 26 heavy (non-hydrogen) atoms. The second kappa shape index (κ2) is 7.71. The van der Waals surface area contributed by atoms with Gasteiger partial charge < -0.3 is 0 Å². The van der Waals surface area contributed by atoms with E-state index in [1.165, 1.54) is 24.3 Å². The van der Waals surface area contributed by atoms with Gasteiger partial charge in [-0.3, -0.25) is 0 Å². The molecule has 1 atom stereocenters. The van der Waals surface area contributed by atoms with Crippen LogP contribution in [-0.4, -0.2) is 8.42 Å². The minimum absolute atomic E-state index is 0.0584. The number of nitriles is 1. The zero-order chi connectivity index (χ0) is 18.6. The average Bonchev–Trinajstić information content (AvgIpc) is 2.67. The van der Waals surface area contributed by atoms with Crippen molar-refractivity contribution in [3.63, 3.8) is 0 Å².